The van der Waals surface area contributed by atoms with Gasteiger partial charge in [-0.2, -0.15) is 0 Å². The second-order valence-corrected chi connectivity index (χ2v) is 5.90. The fraction of sp³-hybridized carbons (Fsp3) is 0.588. The maximum absolute atomic E-state index is 11.6. The Morgan fingerprint density at radius 1 is 1.21 bits per heavy atom. The summed E-state index contributed by atoms with van der Waals surface area (Å²) in [5.41, 5.74) is 1.47. The topological polar surface area (TPSA) is 20.3 Å². The monoisotopic (exact) mass is 259 g/mol. The Morgan fingerprint density at radius 3 is 2.42 bits per heavy atom. The number of Topliss-reactive ketones (excluding diaryl/α,β-unsaturated/α-hetero) is 1. The number of ketones is 1. The van der Waals surface area contributed by atoms with Crippen molar-refractivity contribution in [2.24, 2.45) is 5.92 Å². The lowest BCUT2D eigenvalue weighted by atomic mass is 9.89. The summed E-state index contributed by atoms with van der Waals surface area (Å²) in [5.74, 6) is 1.28. The van der Waals surface area contributed by atoms with Crippen LogP contribution in [-0.4, -0.2) is 30.3 Å². The van der Waals surface area contributed by atoms with Gasteiger partial charge in [0, 0.05) is 18.9 Å². The van der Waals surface area contributed by atoms with E-state index in [1.54, 1.807) is 0 Å². The number of hydrogen-bond acceptors (Lipinski definition) is 2. The highest BCUT2D eigenvalue weighted by atomic mass is 16.1. The van der Waals surface area contributed by atoms with Gasteiger partial charge in [-0.15, -0.1) is 0 Å². The maximum Gasteiger partial charge on any atom is 0.136 e. The summed E-state index contributed by atoms with van der Waals surface area (Å²) < 4.78 is 0. The van der Waals surface area contributed by atoms with Gasteiger partial charge in [0.05, 0.1) is 0 Å². The molecule has 1 saturated heterocycles. The molecular weight excluding hydrogens is 234 g/mol. The van der Waals surface area contributed by atoms with Gasteiger partial charge in [0.15, 0.2) is 0 Å². The minimum Gasteiger partial charge on any atom is -0.303 e. The zero-order valence-corrected chi connectivity index (χ0v) is 12.1. The number of rotatable bonds is 5. The Kier molecular flexibility index (Phi) is 5.15. The first-order valence-electron chi connectivity index (χ1n) is 7.47. The van der Waals surface area contributed by atoms with Gasteiger partial charge in [0.1, 0.15) is 5.78 Å². The SMILES string of the molecule is CC(C)C(=O)CCN1CCC(c2ccccc2)CC1. The van der Waals surface area contributed by atoms with E-state index in [-0.39, 0.29) is 5.92 Å². The molecule has 19 heavy (non-hydrogen) atoms. The van der Waals surface area contributed by atoms with E-state index >= 15 is 0 Å². The number of nitrogens with zero attached hydrogens (tertiary/aromatic N) is 1. The largest absolute Gasteiger partial charge is 0.303 e. The normalized spacial score (nSPS) is 17.8. The van der Waals surface area contributed by atoms with Crippen LogP contribution in [0.3, 0.4) is 0 Å². The van der Waals surface area contributed by atoms with Crippen LogP contribution in [0.5, 0.6) is 0 Å². The molecule has 2 rings (SSSR count). The summed E-state index contributed by atoms with van der Waals surface area (Å²) >= 11 is 0. The Balaban J connectivity index is 1.75. The molecule has 1 aliphatic heterocycles. The molecule has 1 aromatic rings. The molecule has 0 unspecified atom stereocenters. The molecular formula is C17H25NO. The van der Waals surface area contributed by atoms with Crippen molar-refractivity contribution >= 4 is 5.78 Å². The van der Waals surface area contributed by atoms with E-state index in [4.69, 9.17) is 0 Å². The second-order valence-electron chi connectivity index (χ2n) is 5.90. The van der Waals surface area contributed by atoms with E-state index in [2.05, 4.69) is 35.2 Å². The zero-order chi connectivity index (χ0) is 13.7. The minimum atomic E-state index is 0.182. The van der Waals surface area contributed by atoms with E-state index in [0.717, 1.165) is 19.6 Å². The lowest BCUT2D eigenvalue weighted by Gasteiger charge is -2.32. The van der Waals surface area contributed by atoms with Crippen molar-refractivity contribution < 1.29 is 4.79 Å². The number of likely N-dealkylation sites (tertiary alicyclic amines) is 1. The van der Waals surface area contributed by atoms with Crippen LogP contribution >= 0.6 is 0 Å². The molecule has 104 valence electrons. The summed E-state index contributed by atoms with van der Waals surface area (Å²) in [7, 11) is 0. The van der Waals surface area contributed by atoms with Crippen molar-refractivity contribution in [1.29, 1.82) is 0 Å². The molecule has 2 heteroatoms. The predicted molar refractivity (Wildman–Crippen MR) is 79.3 cm³/mol. The van der Waals surface area contributed by atoms with Gasteiger partial charge in [0.25, 0.3) is 0 Å². The lowest BCUT2D eigenvalue weighted by Crippen LogP contribution is -2.34. The van der Waals surface area contributed by atoms with Gasteiger partial charge in [-0.3, -0.25) is 4.79 Å². The van der Waals surface area contributed by atoms with Crippen LogP contribution in [0.4, 0.5) is 0 Å². The van der Waals surface area contributed by atoms with Crippen molar-refractivity contribution in [2.75, 3.05) is 19.6 Å². The third-order valence-electron chi connectivity index (χ3n) is 4.18. The average Bonchev–Trinajstić information content (AvgIpc) is 2.46. The summed E-state index contributed by atoms with van der Waals surface area (Å²) in [5, 5.41) is 0. The van der Waals surface area contributed by atoms with Gasteiger partial charge in [-0.25, -0.2) is 0 Å². The Labute approximate surface area is 116 Å². The smallest absolute Gasteiger partial charge is 0.136 e. The van der Waals surface area contributed by atoms with Gasteiger partial charge >= 0.3 is 0 Å². The predicted octanol–water partition coefficient (Wildman–Crippen LogP) is 3.48. The first-order valence-corrected chi connectivity index (χ1v) is 7.47. The molecule has 0 atom stereocenters. The molecule has 2 nitrogen and oxygen atoms in total. The highest BCUT2D eigenvalue weighted by Gasteiger charge is 2.20. The van der Waals surface area contributed by atoms with E-state index < -0.39 is 0 Å². The Bertz CT molecular complexity index is 391. The summed E-state index contributed by atoms with van der Waals surface area (Å²) in [6.07, 6.45) is 3.16. The molecule has 1 heterocycles. The average molecular weight is 259 g/mol. The van der Waals surface area contributed by atoms with Crippen molar-refractivity contribution in [3.05, 3.63) is 35.9 Å². The molecule has 1 fully saturated rings. The molecule has 1 aromatic carbocycles. The summed E-state index contributed by atoms with van der Waals surface area (Å²) in [6, 6.07) is 10.8. The van der Waals surface area contributed by atoms with Gasteiger partial charge in [0.2, 0.25) is 0 Å². The molecule has 0 aliphatic carbocycles. The van der Waals surface area contributed by atoms with Crippen molar-refractivity contribution in [1.82, 2.24) is 4.90 Å². The Morgan fingerprint density at radius 2 is 1.84 bits per heavy atom. The molecule has 0 radical (unpaired) electrons. The van der Waals surface area contributed by atoms with Gasteiger partial charge in [-0.05, 0) is 37.4 Å². The maximum atomic E-state index is 11.6. The van der Waals surface area contributed by atoms with Crippen LogP contribution in [0.1, 0.15) is 44.6 Å². The summed E-state index contributed by atoms with van der Waals surface area (Å²) in [6.45, 7) is 7.18. The number of hydrogen-bond donors (Lipinski definition) is 0. The molecule has 0 aromatic heterocycles. The highest BCUT2D eigenvalue weighted by Crippen LogP contribution is 2.27. The van der Waals surface area contributed by atoms with Gasteiger partial charge in [-0.1, -0.05) is 44.2 Å². The quantitative estimate of drug-likeness (QED) is 0.807. The van der Waals surface area contributed by atoms with Crippen molar-refractivity contribution in [2.45, 2.75) is 39.0 Å². The first-order chi connectivity index (χ1) is 9.16. The number of piperidine rings is 1. The van der Waals surface area contributed by atoms with Crippen LogP contribution in [0.15, 0.2) is 30.3 Å². The van der Waals surface area contributed by atoms with E-state index in [1.807, 2.05) is 13.8 Å². The van der Waals surface area contributed by atoms with Crippen LogP contribution in [-0.2, 0) is 4.79 Å². The molecule has 0 bridgehead atoms. The fourth-order valence-electron chi connectivity index (χ4n) is 2.77. The zero-order valence-electron chi connectivity index (χ0n) is 12.1. The van der Waals surface area contributed by atoms with E-state index in [9.17, 15) is 4.79 Å². The highest BCUT2D eigenvalue weighted by molar-refractivity contribution is 5.80. The summed E-state index contributed by atoms with van der Waals surface area (Å²) in [4.78, 5) is 14.1. The Hall–Kier alpha value is -1.15. The van der Waals surface area contributed by atoms with Crippen LogP contribution < -0.4 is 0 Å². The minimum absolute atomic E-state index is 0.182. The number of benzene rings is 1. The molecule has 0 saturated carbocycles. The van der Waals surface area contributed by atoms with Crippen LogP contribution in [0, 0.1) is 5.92 Å². The second kappa shape index (κ2) is 6.85. The molecule has 0 amide bonds. The third kappa shape index (κ3) is 4.17. The van der Waals surface area contributed by atoms with E-state index in [1.165, 1.54) is 18.4 Å². The van der Waals surface area contributed by atoms with Crippen molar-refractivity contribution in [3.8, 4) is 0 Å². The van der Waals surface area contributed by atoms with Crippen molar-refractivity contribution in [3.63, 3.8) is 0 Å². The molecule has 0 spiro atoms. The fourth-order valence-corrected chi connectivity index (χ4v) is 2.77. The van der Waals surface area contributed by atoms with Gasteiger partial charge < -0.3 is 4.90 Å². The number of carbonyl (C=O) groups is 1. The molecule has 0 N–H and O–H groups in total. The third-order valence-corrected chi connectivity index (χ3v) is 4.18. The standard InChI is InChI=1S/C17H25NO/c1-14(2)17(19)10-13-18-11-8-16(9-12-18)15-6-4-3-5-7-15/h3-7,14,16H,8-13H2,1-2H3. The van der Waals surface area contributed by atoms with E-state index in [0.29, 0.717) is 18.1 Å². The van der Waals surface area contributed by atoms with Crippen LogP contribution in [0.25, 0.3) is 0 Å². The van der Waals surface area contributed by atoms with Crippen LogP contribution in [0.2, 0.25) is 0 Å². The number of carbonyl (C=O) groups excluding carboxylic acids is 1. The molecule has 1 aliphatic rings. The lowest BCUT2D eigenvalue weighted by molar-refractivity contribution is -0.122. The first kappa shape index (κ1) is 14.3.